The molecule has 1 aliphatic heterocycles. The Morgan fingerprint density at radius 1 is 1.62 bits per heavy atom. The van der Waals surface area contributed by atoms with Crippen molar-refractivity contribution < 1.29 is 4.79 Å². The molecule has 1 aromatic rings. The Kier molecular flexibility index (Phi) is 4.36. The number of carbonyl (C=O) groups is 1. The Morgan fingerprint density at radius 2 is 2.56 bits per heavy atom. The van der Waals surface area contributed by atoms with Gasteiger partial charge in [-0.3, -0.25) is 4.79 Å². The van der Waals surface area contributed by atoms with Crippen molar-refractivity contribution >= 4 is 17.2 Å². The van der Waals surface area contributed by atoms with E-state index >= 15 is 0 Å². The topological polar surface area (TPSA) is 41.1 Å². The highest BCUT2D eigenvalue weighted by Gasteiger charge is 2.19. The summed E-state index contributed by atoms with van der Waals surface area (Å²) in [6.07, 6.45) is 3.09. The van der Waals surface area contributed by atoms with Crippen LogP contribution in [0.3, 0.4) is 0 Å². The zero-order valence-electron chi connectivity index (χ0n) is 9.37. The molecule has 0 saturated carbocycles. The monoisotopic (exact) mass is 238 g/mol. The van der Waals surface area contributed by atoms with Crippen LogP contribution in [-0.4, -0.2) is 25.5 Å². The first-order valence-corrected chi connectivity index (χ1v) is 6.75. The van der Waals surface area contributed by atoms with Crippen LogP contribution in [0.4, 0.5) is 0 Å². The van der Waals surface area contributed by atoms with Crippen LogP contribution in [-0.2, 0) is 11.2 Å². The number of hydrogen-bond acceptors (Lipinski definition) is 3. The summed E-state index contributed by atoms with van der Waals surface area (Å²) in [5.74, 6) is 0.390. The van der Waals surface area contributed by atoms with Gasteiger partial charge < -0.3 is 10.6 Å². The molecule has 0 radical (unpaired) electrons. The summed E-state index contributed by atoms with van der Waals surface area (Å²) in [6, 6.07) is 4.16. The second-order valence-corrected chi connectivity index (χ2v) is 5.20. The van der Waals surface area contributed by atoms with E-state index in [1.54, 1.807) is 11.3 Å². The van der Waals surface area contributed by atoms with Gasteiger partial charge in [0.15, 0.2) is 0 Å². The van der Waals surface area contributed by atoms with Gasteiger partial charge in [0.2, 0.25) is 5.91 Å². The van der Waals surface area contributed by atoms with E-state index in [0.29, 0.717) is 0 Å². The van der Waals surface area contributed by atoms with Gasteiger partial charge >= 0.3 is 0 Å². The van der Waals surface area contributed by atoms with Crippen molar-refractivity contribution in [2.24, 2.45) is 5.92 Å². The molecule has 16 heavy (non-hydrogen) atoms. The molecule has 3 nitrogen and oxygen atoms in total. The third-order valence-corrected chi connectivity index (χ3v) is 3.85. The van der Waals surface area contributed by atoms with E-state index in [1.807, 2.05) is 6.07 Å². The van der Waals surface area contributed by atoms with E-state index < -0.39 is 0 Å². The minimum atomic E-state index is 0.178. The molecular formula is C12H18N2OS. The summed E-state index contributed by atoms with van der Waals surface area (Å²) in [5.41, 5.74) is 0. The Hall–Kier alpha value is -0.870. The van der Waals surface area contributed by atoms with Gasteiger partial charge in [0.05, 0.1) is 5.92 Å². The van der Waals surface area contributed by atoms with Gasteiger partial charge in [-0.15, -0.1) is 11.3 Å². The van der Waals surface area contributed by atoms with Gasteiger partial charge in [0.25, 0.3) is 0 Å². The summed E-state index contributed by atoms with van der Waals surface area (Å²) in [7, 11) is 0. The van der Waals surface area contributed by atoms with E-state index in [9.17, 15) is 4.79 Å². The predicted molar refractivity (Wildman–Crippen MR) is 66.6 cm³/mol. The number of amides is 1. The average Bonchev–Trinajstić information content (AvgIpc) is 2.83. The molecule has 2 heterocycles. The van der Waals surface area contributed by atoms with Crippen molar-refractivity contribution in [1.29, 1.82) is 0 Å². The summed E-state index contributed by atoms with van der Waals surface area (Å²) in [6.45, 7) is 2.65. The van der Waals surface area contributed by atoms with Crippen LogP contribution >= 0.6 is 11.3 Å². The highest BCUT2D eigenvalue weighted by molar-refractivity contribution is 7.09. The predicted octanol–water partition coefficient (Wildman–Crippen LogP) is 1.41. The molecule has 1 aromatic heterocycles. The second kappa shape index (κ2) is 6.01. The maximum Gasteiger partial charge on any atom is 0.224 e. The lowest BCUT2D eigenvalue weighted by Gasteiger charge is -2.21. The van der Waals surface area contributed by atoms with Gasteiger partial charge in [0, 0.05) is 18.0 Å². The third kappa shape index (κ3) is 3.32. The maximum absolute atomic E-state index is 11.8. The molecule has 1 fully saturated rings. The van der Waals surface area contributed by atoms with Gasteiger partial charge in [-0.25, -0.2) is 0 Å². The fraction of sp³-hybridized carbons (Fsp3) is 0.583. The van der Waals surface area contributed by atoms with Crippen molar-refractivity contribution in [1.82, 2.24) is 10.6 Å². The lowest BCUT2D eigenvalue weighted by Crippen LogP contribution is -2.41. The molecule has 4 heteroatoms. The Bertz CT molecular complexity index is 318. The van der Waals surface area contributed by atoms with E-state index in [2.05, 4.69) is 22.1 Å². The molecule has 0 bridgehead atoms. The van der Waals surface area contributed by atoms with Crippen molar-refractivity contribution in [3.8, 4) is 0 Å². The maximum atomic E-state index is 11.8. The first kappa shape index (κ1) is 11.6. The molecular weight excluding hydrogens is 220 g/mol. The van der Waals surface area contributed by atoms with Crippen molar-refractivity contribution in [3.63, 3.8) is 0 Å². The molecule has 0 unspecified atom stereocenters. The molecule has 0 aromatic carbocycles. The lowest BCUT2D eigenvalue weighted by molar-refractivity contribution is -0.125. The van der Waals surface area contributed by atoms with Gasteiger partial charge in [0.1, 0.15) is 0 Å². The van der Waals surface area contributed by atoms with Crippen LogP contribution in [0, 0.1) is 5.92 Å². The molecule has 0 spiro atoms. The van der Waals surface area contributed by atoms with Crippen LogP contribution in [0.2, 0.25) is 0 Å². The number of carbonyl (C=O) groups excluding carboxylic acids is 1. The molecule has 88 valence electrons. The largest absolute Gasteiger partial charge is 0.355 e. The van der Waals surface area contributed by atoms with E-state index in [4.69, 9.17) is 0 Å². The third-order valence-electron chi connectivity index (χ3n) is 2.92. The molecule has 1 saturated heterocycles. The molecule has 2 N–H and O–H groups in total. The van der Waals surface area contributed by atoms with E-state index in [0.717, 1.165) is 38.9 Å². The fourth-order valence-corrected chi connectivity index (χ4v) is 2.69. The fourth-order valence-electron chi connectivity index (χ4n) is 1.98. The van der Waals surface area contributed by atoms with Crippen molar-refractivity contribution in [2.45, 2.75) is 19.3 Å². The first-order chi connectivity index (χ1) is 7.86. The molecule has 2 rings (SSSR count). The lowest BCUT2D eigenvalue weighted by atomic mass is 9.99. The van der Waals surface area contributed by atoms with Crippen LogP contribution in [0.1, 0.15) is 17.7 Å². The van der Waals surface area contributed by atoms with Crippen LogP contribution in [0.5, 0.6) is 0 Å². The SMILES string of the molecule is O=C(NCCc1cccs1)[C@H]1CCCNC1. The number of thiophene rings is 1. The van der Waals surface area contributed by atoms with E-state index in [-0.39, 0.29) is 11.8 Å². The first-order valence-electron chi connectivity index (χ1n) is 5.87. The minimum absolute atomic E-state index is 0.178. The molecule has 1 aliphatic rings. The van der Waals surface area contributed by atoms with Crippen molar-refractivity contribution in [2.75, 3.05) is 19.6 Å². The Labute approximate surface area is 100 Å². The standard InChI is InChI=1S/C12H18N2OS/c15-12(10-3-1-6-13-9-10)14-7-5-11-4-2-8-16-11/h2,4,8,10,13H,1,3,5-7,9H2,(H,14,15)/t10-/m0/s1. The summed E-state index contributed by atoms with van der Waals surface area (Å²) in [4.78, 5) is 13.1. The number of rotatable bonds is 4. The van der Waals surface area contributed by atoms with Crippen LogP contribution in [0.25, 0.3) is 0 Å². The van der Waals surface area contributed by atoms with Crippen molar-refractivity contribution in [3.05, 3.63) is 22.4 Å². The van der Waals surface area contributed by atoms with Crippen LogP contribution in [0.15, 0.2) is 17.5 Å². The smallest absolute Gasteiger partial charge is 0.224 e. The summed E-state index contributed by atoms with van der Waals surface area (Å²) >= 11 is 1.75. The number of piperidine rings is 1. The second-order valence-electron chi connectivity index (χ2n) is 4.16. The molecule has 1 atom stereocenters. The zero-order valence-corrected chi connectivity index (χ0v) is 10.2. The highest BCUT2D eigenvalue weighted by Crippen LogP contribution is 2.10. The Balaban J connectivity index is 1.67. The molecule has 1 amide bonds. The van der Waals surface area contributed by atoms with Gasteiger partial charge in [-0.05, 0) is 37.3 Å². The number of hydrogen-bond donors (Lipinski definition) is 2. The molecule has 0 aliphatic carbocycles. The van der Waals surface area contributed by atoms with Crippen LogP contribution < -0.4 is 10.6 Å². The highest BCUT2D eigenvalue weighted by atomic mass is 32.1. The summed E-state index contributed by atoms with van der Waals surface area (Å²) < 4.78 is 0. The van der Waals surface area contributed by atoms with Gasteiger partial charge in [-0.1, -0.05) is 6.07 Å². The Morgan fingerprint density at radius 3 is 3.25 bits per heavy atom. The normalized spacial score (nSPS) is 20.6. The zero-order chi connectivity index (χ0) is 11.2. The summed E-state index contributed by atoms with van der Waals surface area (Å²) in [5, 5.41) is 8.35. The average molecular weight is 238 g/mol. The quantitative estimate of drug-likeness (QED) is 0.832. The number of nitrogens with one attached hydrogen (secondary N) is 2. The minimum Gasteiger partial charge on any atom is -0.355 e. The van der Waals surface area contributed by atoms with Gasteiger partial charge in [-0.2, -0.15) is 0 Å². The van der Waals surface area contributed by atoms with E-state index in [1.165, 1.54) is 4.88 Å².